The van der Waals surface area contributed by atoms with E-state index in [1.807, 2.05) is 42.5 Å². The van der Waals surface area contributed by atoms with Crippen LogP contribution in [0.15, 0.2) is 53.4 Å². The Balaban J connectivity index is 1.90. The predicted molar refractivity (Wildman–Crippen MR) is 108 cm³/mol. The van der Waals surface area contributed by atoms with Crippen molar-refractivity contribution in [3.8, 4) is 5.75 Å². The van der Waals surface area contributed by atoms with Crippen LogP contribution in [0, 0.1) is 0 Å². The first-order chi connectivity index (χ1) is 12.6. The lowest BCUT2D eigenvalue weighted by molar-refractivity contribution is 0.0227. The summed E-state index contributed by atoms with van der Waals surface area (Å²) in [6.07, 6.45) is 2.64. The van der Waals surface area contributed by atoms with Crippen molar-refractivity contribution in [2.45, 2.75) is 56.6 Å². The van der Waals surface area contributed by atoms with Gasteiger partial charge in [0.15, 0.2) is 0 Å². The monoisotopic (exact) mass is 369 g/mol. The van der Waals surface area contributed by atoms with Crippen LogP contribution >= 0.6 is 11.8 Å². The molecule has 0 fully saturated rings. The lowest BCUT2D eigenvalue weighted by Crippen LogP contribution is -2.44. The minimum Gasteiger partial charge on any atom is -0.487 e. The Hall–Kier alpha value is -1.94. The van der Waals surface area contributed by atoms with Crippen molar-refractivity contribution in [1.29, 1.82) is 0 Å². The highest BCUT2D eigenvalue weighted by Crippen LogP contribution is 2.42. The van der Waals surface area contributed by atoms with Crippen LogP contribution in [-0.2, 0) is 0 Å². The minimum absolute atomic E-state index is 0.00985. The molecular weight excluding hydrogens is 342 g/mol. The number of rotatable bonds is 6. The fourth-order valence-electron chi connectivity index (χ4n) is 3.60. The molecule has 1 atom stereocenters. The summed E-state index contributed by atoms with van der Waals surface area (Å²) >= 11 is 1.70. The molecule has 0 radical (unpaired) electrons. The smallest absolute Gasteiger partial charge is 0.252 e. The van der Waals surface area contributed by atoms with E-state index in [2.05, 4.69) is 32.2 Å². The average Bonchev–Trinajstić information content (AvgIpc) is 2.68. The number of hydrogen-bond donors (Lipinski definition) is 1. The van der Waals surface area contributed by atoms with Gasteiger partial charge in [0.05, 0.1) is 11.6 Å². The quantitative estimate of drug-likeness (QED) is 0.673. The average molecular weight is 370 g/mol. The number of carbonyl (C=O) groups is 1. The number of amides is 1. The minimum atomic E-state index is -0.218. The number of fused-ring (bicyclic) bond motifs is 1. The van der Waals surface area contributed by atoms with Crippen LogP contribution in [0.25, 0.3) is 0 Å². The molecule has 4 heteroatoms. The molecule has 26 heavy (non-hydrogen) atoms. The summed E-state index contributed by atoms with van der Waals surface area (Å²) in [7, 11) is 0. The third-order valence-electron chi connectivity index (χ3n) is 5.22. The van der Waals surface area contributed by atoms with Gasteiger partial charge in [0.1, 0.15) is 11.4 Å². The number of carbonyl (C=O) groups excluding carboxylic acids is 1. The van der Waals surface area contributed by atoms with E-state index in [0.29, 0.717) is 0 Å². The molecule has 0 saturated heterocycles. The van der Waals surface area contributed by atoms with Crippen molar-refractivity contribution in [2.24, 2.45) is 0 Å². The summed E-state index contributed by atoms with van der Waals surface area (Å²) in [6, 6.07) is 15.9. The van der Waals surface area contributed by atoms with Crippen LogP contribution in [0.1, 0.15) is 62.0 Å². The lowest BCUT2D eigenvalue weighted by atomic mass is 9.83. The van der Waals surface area contributed by atoms with Gasteiger partial charge >= 0.3 is 0 Å². The van der Waals surface area contributed by atoms with E-state index in [-0.39, 0.29) is 17.6 Å². The first kappa shape index (κ1) is 18.8. The summed E-state index contributed by atoms with van der Waals surface area (Å²) in [6.45, 7) is 6.41. The zero-order chi connectivity index (χ0) is 18.6. The van der Waals surface area contributed by atoms with Crippen molar-refractivity contribution >= 4 is 17.7 Å². The molecule has 3 rings (SSSR count). The molecule has 1 heterocycles. The number of thioether (sulfide) groups is 1. The number of hydrogen-bond acceptors (Lipinski definition) is 3. The van der Waals surface area contributed by atoms with Gasteiger partial charge < -0.3 is 10.1 Å². The van der Waals surface area contributed by atoms with E-state index in [0.717, 1.165) is 46.8 Å². The second-order valence-electron chi connectivity index (χ2n) is 6.69. The van der Waals surface area contributed by atoms with Gasteiger partial charge in [-0.2, -0.15) is 0 Å². The summed E-state index contributed by atoms with van der Waals surface area (Å²) in [5, 5.41) is 3.28. The first-order valence-electron chi connectivity index (χ1n) is 9.43. The van der Waals surface area contributed by atoms with Gasteiger partial charge in [0, 0.05) is 16.9 Å². The van der Waals surface area contributed by atoms with Gasteiger partial charge in [-0.15, -0.1) is 11.8 Å². The molecule has 0 spiro atoms. The summed E-state index contributed by atoms with van der Waals surface area (Å²) in [5.74, 6) is 1.83. The largest absolute Gasteiger partial charge is 0.487 e. The van der Waals surface area contributed by atoms with Crippen LogP contribution in [0.3, 0.4) is 0 Å². The van der Waals surface area contributed by atoms with E-state index in [1.165, 1.54) is 0 Å². The molecule has 1 unspecified atom stereocenters. The van der Waals surface area contributed by atoms with E-state index in [4.69, 9.17) is 4.74 Å². The molecule has 1 aliphatic rings. The normalized spacial score (nSPS) is 17.9. The van der Waals surface area contributed by atoms with E-state index >= 15 is 0 Å². The lowest BCUT2D eigenvalue weighted by Gasteiger charge is -2.41. The van der Waals surface area contributed by atoms with Crippen LogP contribution in [0.5, 0.6) is 5.75 Å². The summed E-state index contributed by atoms with van der Waals surface area (Å²) < 4.78 is 6.34. The van der Waals surface area contributed by atoms with Gasteiger partial charge in [-0.25, -0.2) is 0 Å². The molecule has 2 aromatic carbocycles. The molecule has 2 aromatic rings. The zero-order valence-electron chi connectivity index (χ0n) is 15.7. The second kappa shape index (κ2) is 8.17. The molecule has 138 valence electrons. The van der Waals surface area contributed by atoms with Crippen LogP contribution < -0.4 is 10.1 Å². The highest BCUT2D eigenvalue weighted by Gasteiger charge is 2.39. The molecule has 1 amide bonds. The highest BCUT2D eigenvalue weighted by atomic mass is 32.2. The van der Waals surface area contributed by atoms with Crippen LogP contribution in [0.2, 0.25) is 0 Å². The third kappa shape index (κ3) is 3.75. The summed E-state index contributed by atoms with van der Waals surface area (Å²) in [4.78, 5) is 14.1. The number of ether oxygens (including phenoxy) is 1. The van der Waals surface area contributed by atoms with Crippen LogP contribution in [-0.4, -0.2) is 17.3 Å². The third-order valence-corrected chi connectivity index (χ3v) is 6.18. The SMILES string of the molecule is CCSc1ccccc1C(=O)NC1CC(CC)(CC)Oc2ccccc21. The van der Waals surface area contributed by atoms with Gasteiger partial charge in [0.25, 0.3) is 5.91 Å². The predicted octanol–water partition coefficient (Wildman–Crippen LogP) is 5.61. The van der Waals surface area contributed by atoms with Gasteiger partial charge in [-0.3, -0.25) is 4.79 Å². The number of benzene rings is 2. The Bertz CT molecular complexity index is 770. The Labute approximate surface area is 160 Å². The van der Waals surface area contributed by atoms with E-state index < -0.39 is 0 Å². The van der Waals surface area contributed by atoms with Gasteiger partial charge in [-0.1, -0.05) is 51.1 Å². The Morgan fingerprint density at radius 3 is 2.54 bits per heavy atom. The zero-order valence-corrected chi connectivity index (χ0v) is 16.6. The number of para-hydroxylation sites is 1. The highest BCUT2D eigenvalue weighted by molar-refractivity contribution is 7.99. The van der Waals surface area contributed by atoms with Crippen molar-refractivity contribution < 1.29 is 9.53 Å². The summed E-state index contributed by atoms with van der Waals surface area (Å²) in [5.41, 5.74) is 1.60. The fraction of sp³-hybridized carbons (Fsp3) is 0.409. The van der Waals surface area contributed by atoms with E-state index in [1.54, 1.807) is 11.8 Å². The van der Waals surface area contributed by atoms with Crippen LogP contribution in [0.4, 0.5) is 0 Å². The first-order valence-corrected chi connectivity index (χ1v) is 10.4. The van der Waals surface area contributed by atoms with E-state index in [9.17, 15) is 4.79 Å². The Morgan fingerprint density at radius 2 is 1.81 bits per heavy atom. The maximum Gasteiger partial charge on any atom is 0.252 e. The molecule has 0 saturated carbocycles. The molecule has 1 aliphatic heterocycles. The molecular formula is C22H27NO2S. The van der Waals surface area contributed by atoms with Crippen molar-refractivity contribution in [3.05, 3.63) is 59.7 Å². The van der Waals surface area contributed by atoms with Crippen molar-refractivity contribution in [3.63, 3.8) is 0 Å². The molecule has 3 nitrogen and oxygen atoms in total. The fourth-order valence-corrected chi connectivity index (χ4v) is 4.40. The topological polar surface area (TPSA) is 38.3 Å². The molecule has 0 aliphatic carbocycles. The number of nitrogens with one attached hydrogen (secondary N) is 1. The maximum atomic E-state index is 13.0. The molecule has 0 bridgehead atoms. The Kier molecular flexibility index (Phi) is 5.92. The van der Waals surface area contributed by atoms with Crippen molar-refractivity contribution in [1.82, 2.24) is 5.32 Å². The maximum absolute atomic E-state index is 13.0. The molecule has 0 aromatic heterocycles. The van der Waals surface area contributed by atoms with Crippen molar-refractivity contribution in [2.75, 3.05) is 5.75 Å². The van der Waals surface area contributed by atoms with Gasteiger partial charge in [0.2, 0.25) is 0 Å². The Morgan fingerprint density at radius 1 is 1.12 bits per heavy atom. The molecule has 1 N–H and O–H groups in total. The van der Waals surface area contributed by atoms with Gasteiger partial charge in [-0.05, 0) is 36.8 Å². The standard InChI is InChI=1S/C22H27NO2S/c1-4-22(5-2)15-18(16-11-7-9-13-19(16)25-22)23-21(24)17-12-8-10-14-20(17)26-6-3/h7-14,18H,4-6,15H2,1-3H3,(H,23,24). The second-order valence-corrected chi connectivity index (χ2v) is 8.00.